The number of fused-ring (bicyclic) bond motifs is 1. The van der Waals surface area contributed by atoms with Crippen LogP contribution in [0, 0.1) is 0 Å². The number of carboxylic acids is 1. The predicted octanol–water partition coefficient (Wildman–Crippen LogP) is 1.89. The second-order valence-electron chi connectivity index (χ2n) is 6.01. The van der Waals surface area contributed by atoms with Gasteiger partial charge < -0.3 is 15.2 Å². The van der Waals surface area contributed by atoms with Crippen molar-refractivity contribution in [2.24, 2.45) is 0 Å². The molecule has 2 aliphatic rings. The van der Waals surface area contributed by atoms with E-state index in [9.17, 15) is 19.5 Å². The van der Waals surface area contributed by atoms with Crippen LogP contribution in [0.4, 0.5) is 4.79 Å². The fraction of sp³-hybridized carbons (Fsp3) is 0.500. The van der Waals surface area contributed by atoms with Gasteiger partial charge in [-0.3, -0.25) is 9.69 Å². The zero-order valence-electron chi connectivity index (χ0n) is 12.8. The van der Waals surface area contributed by atoms with Gasteiger partial charge in [0.1, 0.15) is 22.7 Å². The highest BCUT2D eigenvalue weighted by Crippen LogP contribution is 2.40. The fourth-order valence-electron chi connectivity index (χ4n) is 2.28. The van der Waals surface area contributed by atoms with Crippen LogP contribution in [0.2, 0.25) is 0 Å². The maximum atomic E-state index is 12.2. The number of rotatable bonds is 3. The van der Waals surface area contributed by atoms with Crippen LogP contribution < -0.4 is 5.32 Å². The van der Waals surface area contributed by atoms with Crippen molar-refractivity contribution >= 4 is 41.3 Å². The first-order valence-electron chi connectivity index (χ1n) is 6.83. The van der Waals surface area contributed by atoms with Gasteiger partial charge in [0.2, 0.25) is 0 Å². The molecule has 7 nitrogen and oxygen atoms in total. The van der Waals surface area contributed by atoms with Crippen molar-refractivity contribution in [3.05, 3.63) is 22.9 Å². The fourth-order valence-corrected chi connectivity index (χ4v) is 3.75. The Kier molecular flexibility index (Phi) is 4.95. The molecule has 2 rings (SSSR count). The lowest BCUT2D eigenvalue weighted by molar-refractivity contribution is -0.149. The number of carbonyl (C=O) groups excluding carboxylic acids is 2. The number of ether oxygens (including phenoxy) is 1. The smallest absolute Gasteiger partial charge is 0.408 e. The summed E-state index contributed by atoms with van der Waals surface area (Å²) in [5.41, 5.74) is 0.885. The van der Waals surface area contributed by atoms with Crippen LogP contribution in [0.1, 0.15) is 20.8 Å². The Morgan fingerprint density at radius 2 is 2.13 bits per heavy atom. The summed E-state index contributed by atoms with van der Waals surface area (Å²) in [5, 5.41) is 11.4. The maximum Gasteiger partial charge on any atom is 0.408 e. The number of alkyl carbamates (subject to hydrolysis) is 1. The van der Waals surface area contributed by atoms with E-state index < -0.39 is 35.0 Å². The SMILES string of the molecule is CC(C)(C)OC(=O)NC1C(=O)N2C(C(=O)O)=C(/C=C/Cl)CS[C@H]12. The molecule has 0 bridgehead atoms. The summed E-state index contributed by atoms with van der Waals surface area (Å²) in [5.74, 6) is -1.30. The highest BCUT2D eigenvalue weighted by atomic mass is 35.5. The summed E-state index contributed by atoms with van der Waals surface area (Å²) in [6.45, 7) is 5.15. The average Bonchev–Trinajstić information content (AvgIpc) is 2.42. The van der Waals surface area contributed by atoms with Crippen molar-refractivity contribution in [3.8, 4) is 0 Å². The van der Waals surface area contributed by atoms with Crippen molar-refractivity contribution in [1.82, 2.24) is 10.2 Å². The normalized spacial score (nSPS) is 24.3. The molecule has 2 aliphatic heterocycles. The Hall–Kier alpha value is -1.67. The molecule has 126 valence electrons. The number of β-lactam (4-membered cyclic amide) rings is 1. The van der Waals surface area contributed by atoms with Crippen molar-refractivity contribution in [2.45, 2.75) is 37.8 Å². The van der Waals surface area contributed by atoms with Gasteiger partial charge in [-0.1, -0.05) is 11.6 Å². The molecule has 1 fully saturated rings. The topological polar surface area (TPSA) is 95.9 Å². The molecular weight excluding hydrogens is 344 g/mol. The second-order valence-corrected chi connectivity index (χ2v) is 7.36. The van der Waals surface area contributed by atoms with E-state index in [0.717, 1.165) is 0 Å². The number of carbonyl (C=O) groups is 3. The molecule has 0 aromatic heterocycles. The van der Waals surface area contributed by atoms with Gasteiger partial charge in [-0.2, -0.15) is 0 Å². The van der Waals surface area contributed by atoms with Crippen LogP contribution in [0.3, 0.4) is 0 Å². The molecule has 1 saturated heterocycles. The van der Waals surface area contributed by atoms with Gasteiger partial charge in [0.05, 0.1) is 0 Å². The first-order chi connectivity index (χ1) is 10.7. The minimum atomic E-state index is -1.20. The molecule has 0 saturated carbocycles. The van der Waals surface area contributed by atoms with Crippen LogP contribution >= 0.6 is 23.4 Å². The van der Waals surface area contributed by atoms with E-state index in [-0.39, 0.29) is 5.70 Å². The second kappa shape index (κ2) is 6.45. The minimum Gasteiger partial charge on any atom is -0.477 e. The Balaban J connectivity index is 2.14. The van der Waals surface area contributed by atoms with Crippen LogP contribution in [0.5, 0.6) is 0 Å². The molecule has 2 N–H and O–H groups in total. The first kappa shape index (κ1) is 17.7. The van der Waals surface area contributed by atoms with Crippen molar-refractivity contribution in [3.63, 3.8) is 0 Å². The number of amides is 2. The van der Waals surface area contributed by atoms with Gasteiger partial charge in [0.25, 0.3) is 5.91 Å². The summed E-state index contributed by atoms with van der Waals surface area (Å²) in [7, 11) is 0. The van der Waals surface area contributed by atoms with Gasteiger partial charge >= 0.3 is 12.1 Å². The highest BCUT2D eigenvalue weighted by molar-refractivity contribution is 8.00. The summed E-state index contributed by atoms with van der Waals surface area (Å²) in [6, 6.07) is -0.800. The summed E-state index contributed by atoms with van der Waals surface area (Å²) in [4.78, 5) is 36.7. The third kappa shape index (κ3) is 3.64. The van der Waals surface area contributed by atoms with Gasteiger partial charge in [-0.15, -0.1) is 11.8 Å². The molecule has 0 aromatic carbocycles. The highest BCUT2D eigenvalue weighted by Gasteiger charge is 2.54. The molecule has 2 heterocycles. The minimum absolute atomic E-state index is 0.0992. The summed E-state index contributed by atoms with van der Waals surface area (Å²) >= 11 is 6.87. The lowest BCUT2D eigenvalue weighted by Crippen LogP contribution is -2.70. The number of thioether (sulfide) groups is 1. The van der Waals surface area contributed by atoms with Gasteiger partial charge in [0.15, 0.2) is 0 Å². The summed E-state index contributed by atoms with van der Waals surface area (Å²) < 4.78 is 5.12. The molecule has 2 amide bonds. The number of nitrogens with one attached hydrogen (secondary N) is 1. The number of nitrogens with zero attached hydrogens (tertiary/aromatic N) is 1. The Morgan fingerprint density at radius 1 is 1.48 bits per heavy atom. The van der Waals surface area contributed by atoms with Crippen molar-refractivity contribution in [1.29, 1.82) is 0 Å². The zero-order chi connectivity index (χ0) is 17.4. The van der Waals surface area contributed by atoms with E-state index in [0.29, 0.717) is 11.3 Å². The number of hydrogen-bond acceptors (Lipinski definition) is 5. The van der Waals surface area contributed by atoms with Crippen molar-refractivity contribution < 1.29 is 24.2 Å². The average molecular weight is 361 g/mol. The van der Waals surface area contributed by atoms with Gasteiger partial charge in [-0.25, -0.2) is 9.59 Å². The molecule has 0 aliphatic carbocycles. The molecular formula is C14H17ClN2O5S. The van der Waals surface area contributed by atoms with E-state index in [1.54, 1.807) is 20.8 Å². The molecule has 23 heavy (non-hydrogen) atoms. The summed E-state index contributed by atoms with van der Waals surface area (Å²) in [6.07, 6.45) is 0.749. The quantitative estimate of drug-likeness (QED) is 0.746. The predicted molar refractivity (Wildman–Crippen MR) is 85.9 cm³/mol. The van der Waals surface area contributed by atoms with Crippen LogP contribution in [-0.2, 0) is 14.3 Å². The lowest BCUT2D eigenvalue weighted by atomic mass is 10.0. The lowest BCUT2D eigenvalue weighted by Gasteiger charge is -2.49. The van der Waals surface area contributed by atoms with E-state index in [2.05, 4.69) is 5.32 Å². The third-order valence-corrected chi connectivity index (χ3v) is 4.56. The standard InChI is InChI=1S/C14H17ClN2O5S/c1-14(2,3)22-13(21)16-8-10(18)17-9(12(19)20)7(4-5-15)6-23-11(8)17/h4-5,8,11H,6H2,1-3H3,(H,16,21)(H,19,20)/b5-4+/t8?,11-/m1/s1. The van der Waals surface area contributed by atoms with Crippen LogP contribution in [0.25, 0.3) is 0 Å². The molecule has 2 atom stereocenters. The van der Waals surface area contributed by atoms with E-state index in [4.69, 9.17) is 16.3 Å². The largest absolute Gasteiger partial charge is 0.477 e. The Morgan fingerprint density at radius 3 is 2.65 bits per heavy atom. The molecule has 0 aromatic rings. The molecule has 0 spiro atoms. The number of aliphatic carboxylic acids is 1. The molecule has 9 heteroatoms. The van der Waals surface area contributed by atoms with Crippen molar-refractivity contribution in [2.75, 3.05) is 5.75 Å². The maximum absolute atomic E-state index is 12.2. The van der Waals surface area contributed by atoms with E-state index in [1.165, 1.54) is 28.3 Å². The number of carboxylic acid groups (broad SMARTS) is 1. The Labute approximate surface area is 142 Å². The Bertz CT molecular complexity index is 611. The number of halogens is 1. The van der Waals surface area contributed by atoms with Crippen LogP contribution in [-0.4, -0.2) is 50.7 Å². The van der Waals surface area contributed by atoms with Gasteiger partial charge in [-0.05, 0) is 32.4 Å². The molecule has 1 unspecified atom stereocenters. The first-order valence-corrected chi connectivity index (χ1v) is 8.31. The van der Waals surface area contributed by atoms with Gasteiger partial charge in [0, 0.05) is 11.3 Å². The zero-order valence-corrected chi connectivity index (χ0v) is 14.4. The number of allylic oxidation sites excluding steroid dienone is 1. The van der Waals surface area contributed by atoms with E-state index in [1.807, 2.05) is 0 Å². The monoisotopic (exact) mass is 360 g/mol. The number of hydrogen-bond donors (Lipinski definition) is 2. The third-order valence-electron chi connectivity index (χ3n) is 3.14. The van der Waals surface area contributed by atoms with Crippen LogP contribution in [0.15, 0.2) is 22.9 Å². The molecule has 0 radical (unpaired) electrons. The van der Waals surface area contributed by atoms with E-state index >= 15 is 0 Å².